The number of nitrogens with one attached hydrogen (secondary N) is 1. The van der Waals surface area contributed by atoms with Gasteiger partial charge in [-0.1, -0.05) is 43.1 Å². The number of halogens is 4. The van der Waals surface area contributed by atoms with Gasteiger partial charge in [-0.3, -0.25) is 13.9 Å². The quantitative estimate of drug-likeness (QED) is 0.331. The van der Waals surface area contributed by atoms with E-state index in [1.807, 2.05) is 6.92 Å². The lowest BCUT2D eigenvalue weighted by molar-refractivity contribution is -0.140. The lowest BCUT2D eigenvalue weighted by Gasteiger charge is -2.29. The Balaban J connectivity index is 2.19. The molecule has 2 aromatic carbocycles. The van der Waals surface area contributed by atoms with Crippen LogP contribution in [0.3, 0.4) is 0 Å². The molecule has 0 aliphatic carbocycles. The zero-order valence-corrected chi connectivity index (χ0v) is 23.2. The fourth-order valence-electron chi connectivity index (χ4n) is 3.79. The molecular formula is C26H33ClF3N3O4S. The minimum absolute atomic E-state index is 0.0262. The fourth-order valence-corrected chi connectivity index (χ4v) is 4.96. The van der Waals surface area contributed by atoms with E-state index >= 15 is 0 Å². The van der Waals surface area contributed by atoms with E-state index in [9.17, 15) is 31.2 Å². The summed E-state index contributed by atoms with van der Waals surface area (Å²) in [6.45, 7) is 3.96. The average Bonchev–Trinajstić information content (AvgIpc) is 2.83. The van der Waals surface area contributed by atoms with E-state index < -0.39 is 33.7 Å². The zero-order chi connectivity index (χ0) is 28.5. The van der Waals surface area contributed by atoms with Crippen molar-refractivity contribution in [2.75, 3.05) is 23.7 Å². The number of amides is 2. The Morgan fingerprint density at radius 3 is 2.37 bits per heavy atom. The van der Waals surface area contributed by atoms with E-state index in [4.69, 9.17) is 11.6 Å². The summed E-state index contributed by atoms with van der Waals surface area (Å²) in [7, 11) is -3.93. The van der Waals surface area contributed by atoms with Crippen molar-refractivity contribution in [3.63, 3.8) is 0 Å². The number of benzene rings is 2. The number of unbranched alkanes of at least 4 members (excludes halogenated alkanes) is 1. The van der Waals surface area contributed by atoms with Crippen molar-refractivity contribution < 1.29 is 31.2 Å². The molecule has 210 valence electrons. The van der Waals surface area contributed by atoms with Gasteiger partial charge in [0.1, 0.15) is 6.04 Å². The second-order valence-electron chi connectivity index (χ2n) is 8.96. The SMILES string of the molecule is CCCCNC(=O)C(C)N(Cc1cccc(Cl)c1)C(=O)CCCN(c1cccc(C(F)(F)F)c1)S(C)(=O)=O. The number of anilines is 1. The molecule has 1 N–H and O–H groups in total. The molecule has 1 atom stereocenters. The van der Waals surface area contributed by atoms with E-state index in [-0.39, 0.29) is 37.5 Å². The molecule has 38 heavy (non-hydrogen) atoms. The third-order valence-corrected chi connectivity index (χ3v) is 7.28. The summed E-state index contributed by atoms with van der Waals surface area (Å²) in [5.74, 6) is -0.726. The molecule has 7 nitrogen and oxygen atoms in total. The van der Waals surface area contributed by atoms with Crippen molar-refractivity contribution in [1.29, 1.82) is 0 Å². The molecule has 0 saturated heterocycles. The Hall–Kier alpha value is -2.79. The molecule has 12 heteroatoms. The summed E-state index contributed by atoms with van der Waals surface area (Å²) in [5.41, 5.74) is -0.412. The first kappa shape index (κ1) is 31.4. The van der Waals surface area contributed by atoms with Crippen molar-refractivity contribution in [3.05, 3.63) is 64.7 Å². The fraction of sp³-hybridized carbons (Fsp3) is 0.462. The Bertz CT molecular complexity index is 1210. The molecule has 1 unspecified atom stereocenters. The van der Waals surface area contributed by atoms with E-state index in [0.29, 0.717) is 17.1 Å². The smallest absolute Gasteiger partial charge is 0.354 e. The van der Waals surface area contributed by atoms with Crippen molar-refractivity contribution in [2.24, 2.45) is 0 Å². The van der Waals surface area contributed by atoms with Gasteiger partial charge in [-0.2, -0.15) is 13.2 Å². The van der Waals surface area contributed by atoms with Crippen LogP contribution in [0.4, 0.5) is 18.9 Å². The monoisotopic (exact) mass is 575 g/mol. The van der Waals surface area contributed by atoms with Crippen molar-refractivity contribution in [1.82, 2.24) is 10.2 Å². The first-order chi connectivity index (χ1) is 17.7. The van der Waals surface area contributed by atoms with Gasteiger partial charge in [0.2, 0.25) is 21.8 Å². The number of hydrogen-bond acceptors (Lipinski definition) is 4. The number of sulfonamides is 1. The maximum absolute atomic E-state index is 13.3. The number of hydrogen-bond donors (Lipinski definition) is 1. The summed E-state index contributed by atoms with van der Waals surface area (Å²) in [6.07, 6.45) is -2.16. The summed E-state index contributed by atoms with van der Waals surface area (Å²) in [4.78, 5) is 27.4. The van der Waals surface area contributed by atoms with Gasteiger partial charge >= 0.3 is 6.18 Å². The van der Waals surface area contributed by atoms with Gasteiger partial charge < -0.3 is 10.2 Å². The van der Waals surface area contributed by atoms with Gasteiger partial charge in [0.05, 0.1) is 17.5 Å². The molecule has 2 aromatic rings. The van der Waals surface area contributed by atoms with Gasteiger partial charge in [0.25, 0.3) is 0 Å². The van der Waals surface area contributed by atoms with Crippen LogP contribution >= 0.6 is 11.6 Å². The van der Waals surface area contributed by atoms with Crippen LogP contribution in [-0.2, 0) is 32.3 Å². The normalized spacial score (nSPS) is 12.6. The van der Waals surface area contributed by atoms with Crippen LogP contribution in [0.25, 0.3) is 0 Å². The van der Waals surface area contributed by atoms with Crippen molar-refractivity contribution >= 4 is 39.1 Å². The number of carbonyl (C=O) groups is 2. The second kappa shape index (κ2) is 13.8. The Morgan fingerprint density at radius 1 is 1.08 bits per heavy atom. The number of rotatable bonds is 13. The van der Waals surface area contributed by atoms with Crippen LogP contribution < -0.4 is 9.62 Å². The highest BCUT2D eigenvalue weighted by molar-refractivity contribution is 7.92. The van der Waals surface area contributed by atoms with Gasteiger partial charge in [-0.25, -0.2) is 8.42 Å². The van der Waals surface area contributed by atoms with E-state index in [1.54, 1.807) is 31.2 Å². The van der Waals surface area contributed by atoms with Gasteiger partial charge in [0.15, 0.2) is 0 Å². The predicted octanol–water partition coefficient (Wildman–Crippen LogP) is 5.24. The lowest BCUT2D eigenvalue weighted by Crippen LogP contribution is -2.48. The topological polar surface area (TPSA) is 86.8 Å². The largest absolute Gasteiger partial charge is 0.416 e. The van der Waals surface area contributed by atoms with Crippen LogP contribution in [0.2, 0.25) is 5.02 Å². The Labute approximate surface area is 227 Å². The second-order valence-corrected chi connectivity index (χ2v) is 11.3. The molecule has 0 aromatic heterocycles. The van der Waals surface area contributed by atoms with Crippen molar-refractivity contribution in [2.45, 2.75) is 58.3 Å². The van der Waals surface area contributed by atoms with E-state index in [0.717, 1.165) is 41.6 Å². The van der Waals surface area contributed by atoms with Crippen LogP contribution in [0, 0.1) is 0 Å². The molecule has 0 radical (unpaired) electrons. The van der Waals surface area contributed by atoms with Crippen LogP contribution in [0.1, 0.15) is 50.7 Å². The molecule has 2 amide bonds. The average molecular weight is 576 g/mol. The first-order valence-corrected chi connectivity index (χ1v) is 14.4. The van der Waals surface area contributed by atoms with Crippen LogP contribution in [0.5, 0.6) is 0 Å². The molecule has 0 bridgehead atoms. The zero-order valence-electron chi connectivity index (χ0n) is 21.6. The third kappa shape index (κ3) is 9.50. The third-order valence-electron chi connectivity index (χ3n) is 5.85. The molecule has 2 rings (SSSR count). The summed E-state index contributed by atoms with van der Waals surface area (Å²) in [5, 5.41) is 3.28. The number of nitrogens with zero attached hydrogens (tertiary/aromatic N) is 2. The highest BCUT2D eigenvalue weighted by Crippen LogP contribution is 2.32. The lowest BCUT2D eigenvalue weighted by atomic mass is 10.1. The molecule has 0 fully saturated rings. The molecule has 0 aliphatic heterocycles. The van der Waals surface area contributed by atoms with Crippen molar-refractivity contribution in [3.8, 4) is 0 Å². The maximum atomic E-state index is 13.3. The highest BCUT2D eigenvalue weighted by Gasteiger charge is 2.32. The molecular weight excluding hydrogens is 543 g/mol. The summed E-state index contributed by atoms with van der Waals surface area (Å²) in [6, 6.07) is 10.1. The Morgan fingerprint density at radius 2 is 1.76 bits per heavy atom. The van der Waals surface area contributed by atoms with Crippen LogP contribution in [-0.4, -0.2) is 50.5 Å². The van der Waals surface area contributed by atoms with Gasteiger partial charge in [-0.05, 0) is 55.7 Å². The first-order valence-electron chi connectivity index (χ1n) is 12.2. The minimum atomic E-state index is -4.64. The summed E-state index contributed by atoms with van der Waals surface area (Å²) >= 11 is 6.08. The predicted molar refractivity (Wildman–Crippen MR) is 142 cm³/mol. The summed E-state index contributed by atoms with van der Waals surface area (Å²) < 4.78 is 65.1. The minimum Gasteiger partial charge on any atom is -0.354 e. The number of carbonyl (C=O) groups excluding carboxylic acids is 2. The van der Waals surface area contributed by atoms with Gasteiger partial charge in [0, 0.05) is 31.1 Å². The van der Waals surface area contributed by atoms with E-state index in [2.05, 4.69) is 5.32 Å². The highest BCUT2D eigenvalue weighted by atomic mass is 35.5. The Kier molecular flexibility index (Phi) is 11.4. The molecule has 0 heterocycles. The van der Waals surface area contributed by atoms with Gasteiger partial charge in [-0.15, -0.1) is 0 Å². The molecule has 0 spiro atoms. The van der Waals surface area contributed by atoms with E-state index in [1.165, 1.54) is 11.0 Å². The maximum Gasteiger partial charge on any atom is 0.416 e. The standard InChI is InChI=1S/C26H33ClF3N3O4S/c1-4-5-14-31-25(35)19(2)32(18-20-9-6-11-22(27)16-20)24(34)13-8-15-33(38(3,36)37)23-12-7-10-21(17-23)26(28,29)30/h6-7,9-12,16-17,19H,4-5,8,13-15,18H2,1-3H3,(H,31,35). The molecule has 0 aliphatic rings. The molecule has 0 saturated carbocycles. The van der Waals surface area contributed by atoms with Crippen LogP contribution in [0.15, 0.2) is 48.5 Å². The number of alkyl halides is 3.